The zero-order valence-corrected chi connectivity index (χ0v) is 8.17. The van der Waals surface area contributed by atoms with Crippen molar-refractivity contribution in [3.63, 3.8) is 0 Å². The number of allylic oxidation sites excluding steroid dienone is 1. The number of halogens is 1. The van der Waals surface area contributed by atoms with Gasteiger partial charge in [-0.05, 0) is 19.1 Å². The first-order chi connectivity index (χ1) is 5.77. The van der Waals surface area contributed by atoms with Crippen LogP contribution < -0.4 is 5.32 Å². The Balaban J connectivity index is 2.40. The number of thioether (sulfide) groups is 1. The first-order valence-electron chi connectivity index (χ1n) is 3.67. The average Bonchev–Trinajstić information content (AvgIpc) is 2.46. The van der Waals surface area contributed by atoms with Crippen LogP contribution in [0.1, 0.15) is 6.92 Å². The number of hydrogen-bond donors (Lipinski definition) is 1. The molecule has 0 saturated carbocycles. The maximum atomic E-state index is 5.87. The average molecular weight is 198 g/mol. The maximum Gasteiger partial charge on any atom is 0.0919 e. The molecule has 1 aliphatic rings. The summed E-state index contributed by atoms with van der Waals surface area (Å²) in [7, 11) is 0. The molecule has 1 heterocycles. The molecule has 0 spiro atoms. The van der Waals surface area contributed by atoms with Crippen LogP contribution in [0.3, 0.4) is 0 Å². The van der Waals surface area contributed by atoms with Crippen molar-refractivity contribution in [2.75, 3.05) is 5.32 Å². The number of rotatable bonds is 0. The number of nitrogens with one attached hydrogen (secondary N) is 1. The quantitative estimate of drug-likeness (QED) is 0.682. The third-order valence-corrected chi connectivity index (χ3v) is 3.15. The van der Waals surface area contributed by atoms with Gasteiger partial charge in [-0.15, -0.1) is 0 Å². The van der Waals surface area contributed by atoms with Crippen LogP contribution >= 0.6 is 23.4 Å². The molecule has 0 aliphatic carbocycles. The van der Waals surface area contributed by atoms with E-state index in [1.807, 2.05) is 19.1 Å². The number of para-hydroxylation sites is 1. The summed E-state index contributed by atoms with van der Waals surface area (Å²) in [4.78, 5) is 1.24. The second-order valence-corrected chi connectivity index (χ2v) is 4.20. The van der Waals surface area contributed by atoms with Gasteiger partial charge in [-0.25, -0.2) is 0 Å². The van der Waals surface area contributed by atoms with Crippen LogP contribution in [0.5, 0.6) is 0 Å². The van der Waals surface area contributed by atoms with Crippen molar-refractivity contribution >= 4 is 29.1 Å². The second-order valence-electron chi connectivity index (χ2n) is 2.59. The lowest BCUT2D eigenvalue weighted by Gasteiger charge is -1.97. The minimum Gasteiger partial charge on any atom is -0.348 e. The van der Waals surface area contributed by atoms with Gasteiger partial charge in [0, 0.05) is 9.93 Å². The van der Waals surface area contributed by atoms with Gasteiger partial charge in [0.1, 0.15) is 0 Å². The van der Waals surface area contributed by atoms with E-state index in [4.69, 9.17) is 11.6 Å². The van der Waals surface area contributed by atoms with E-state index in [2.05, 4.69) is 17.4 Å². The molecule has 0 fully saturated rings. The van der Waals surface area contributed by atoms with Gasteiger partial charge in [-0.2, -0.15) is 0 Å². The summed E-state index contributed by atoms with van der Waals surface area (Å²) in [5.74, 6) is 0. The van der Waals surface area contributed by atoms with E-state index in [1.165, 1.54) is 4.90 Å². The maximum absolute atomic E-state index is 5.87. The van der Waals surface area contributed by atoms with Crippen molar-refractivity contribution in [1.29, 1.82) is 0 Å². The molecule has 0 aromatic heterocycles. The van der Waals surface area contributed by atoms with E-state index >= 15 is 0 Å². The number of benzene rings is 1. The molecule has 0 saturated heterocycles. The molecule has 62 valence electrons. The molecule has 1 aromatic rings. The van der Waals surface area contributed by atoms with Crippen molar-refractivity contribution in [3.8, 4) is 0 Å². The third-order valence-electron chi connectivity index (χ3n) is 1.66. The molecule has 0 amide bonds. The summed E-state index contributed by atoms with van der Waals surface area (Å²) in [6.45, 7) is 1.89. The highest BCUT2D eigenvalue weighted by atomic mass is 35.5. The van der Waals surface area contributed by atoms with Gasteiger partial charge < -0.3 is 5.32 Å². The predicted molar refractivity (Wildman–Crippen MR) is 54.5 cm³/mol. The molecule has 0 unspecified atom stereocenters. The number of anilines is 1. The molecule has 1 aromatic carbocycles. The molecule has 1 N–H and O–H groups in total. The Kier molecular flexibility index (Phi) is 2.03. The smallest absolute Gasteiger partial charge is 0.0919 e. The van der Waals surface area contributed by atoms with Crippen LogP contribution in [0.4, 0.5) is 5.69 Å². The standard InChI is InChI=1S/C9H8ClNS/c1-6(10)9-11-7-4-2-3-5-8(7)12-9/h2-5,11H,1H3/b9-6-. The summed E-state index contributed by atoms with van der Waals surface area (Å²) in [5.41, 5.74) is 1.15. The third kappa shape index (κ3) is 1.32. The van der Waals surface area contributed by atoms with Crippen molar-refractivity contribution in [1.82, 2.24) is 0 Å². The SMILES string of the molecule is C/C(Cl)=C1\Nc2ccccc2S1. The molecule has 2 rings (SSSR count). The molecule has 1 nitrogen and oxygen atoms in total. The fourth-order valence-corrected chi connectivity index (χ4v) is 2.13. The Morgan fingerprint density at radius 3 is 2.83 bits per heavy atom. The van der Waals surface area contributed by atoms with Gasteiger partial charge in [-0.1, -0.05) is 35.5 Å². The first-order valence-corrected chi connectivity index (χ1v) is 4.87. The van der Waals surface area contributed by atoms with Crippen molar-refractivity contribution in [3.05, 3.63) is 34.3 Å². The van der Waals surface area contributed by atoms with Crippen LogP contribution in [0, 0.1) is 0 Å². The van der Waals surface area contributed by atoms with Crippen molar-refractivity contribution in [2.45, 2.75) is 11.8 Å². The van der Waals surface area contributed by atoms with E-state index in [9.17, 15) is 0 Å². The van der Waals surface area contributed by atoms with Crippen LogP contribution in [-0.2, 0) is 0 Å². The minimum atomic E-state index is 0.816. The Labute approximate surface area is 80.8 Å². The Morgan fingerprint density at radius 2 is 2.17 bits per heavy atom. The van der Waals surface area contributed by atoms with E-state index in [0.29, 0.717) is 0 Å². The summed E-state index contributed by atoms with van der Waals surface area (Å²) in [6.07, 6.45) is 0. The number of fused-ring (bicyclic) bond motifs is 1. The van der Waals surface area contributed by atoms with Gasteiger partial charge in [0.05, 0.1) is 10.7 Å². The highest BCUT2D eigenvalue weighted by Gasteiger charge is 2.15. The fourth-order valence-electron chi connectivity index (χ4n) is 1.07. The molecular weight excluding hydrogens is 190 g/mol. The molecule has 12 heavy (non-hydrogen) atoms. The van der Waals surface area contributed by atoms with E-state index in [-0.39, 0.29) is 0 Å². The fraction of sp³-hybridized carbons (Fsp3) is 0.111. The Morgan fingerprint density at radius 1 is 1.42 bits per heavy atom. The van der Waals surface area contributed by atoms with E-state index in [0.717, 1.165) is 15.7 Å². The lowest BCUT2D eigenvalue weighted by molar-refractivity contribution is 1.45. The second kappa shape index (κ2) is 3.04. The highest BCUT2D eigenvalue weighted by molar-refractivity contribution is 8.03. The summed E-state index contributed by atoms with van der Waals surface area (Å²) in [5, 5.41) is 5.10. The lowest BCUT2D eigenvalue weighted by Crippen LogP contribution is -1.88. The van der Waals surface area contributed by atoms with E-state index in [1.54, 1.807) is 11.8 Å². The van der Waals surface area contributed by atoms with E-state index < -0.39 is 0 Å². The first kappa shape index (κ1) is 8.02. The summed E-state index contributed by atoms with van der Waals surface area (Å²) in [6, 6.07) is 8.17. The summed E-state index contributed by atoms with van der Waals surface area (Å²) < 4.78 is 0. The lowest BCUT2D eigenvalue weighted by atomic mass is 10.3. The van der Waals surface area contributed by atoms with Crippen LogP contribution in [0.2, 0.25) is 0 Å². The Bertz CT molecular complexity index is 315. The van der Waals surface area contributed by atoms with Crippen molar-refractivity contribution < 1.29 is 0 Å². The summed E-state index contributed by atoms with van der Waals surface area (Å²) >= 11 is 7.55. The van der Waals surface area contributed by atoms with Gasteiger partial charge in [-0.3, -0.25) is 0 Å². The minimum absolute atomic E-state index is 0.816. The monoisotopic (exact) mass is 197 g/mol. The topological polar surface area (TPSA) is 12.0 Å². The highest BCUT2D eigenvalue weighted by Crippen LogP contribution is 2.42. The molecule has 3 heteroatoms. The molecule has 0 bridgehead atoms. The molecule has 0 atom stereocenters. The zero-order chi connectivity index (χ0) is 8.55. The van der Waals surface area contributed by atoms with Crippen LogP contribution in [-0.4, -0.2) is 0 Å². The molecule has 1 aliphatic heterocycles. The van der Waals surface area contributed by atoms with Crippen molar-refractivity contribution in [2.24, 2.45) is 0 Å². The van der Waals surface area contributed by atoms with Gasteiger partial charge in [0.15, 0.2) is 0 Å². The van der Waals surface area contributed by atoms with Crippen LogP contribution in [0.25, 0.3) is 0 Å². The zero-order valence-electron chi connectivity index (χ0n) is 6.60. The molecular formula is C9H8ClNS. The van der Waals surface area contributed by atoms with Crippen LogP contribution in [0.15, 0.2) is 39.2 Å². The normalized spacial score (nSPS) is 18.5. The molecule has 0 radical (unpaired) electrons. The van der Waals surface area contributed by atoms with Gasteiger partial charge in [0.2, 0.25) is 0 Å². The Hall–Kier alpha value is -0.600. The van der Waals surface area contributed by atoms with Gasteiger partial charge in [0.25, 0.3) is 0 Å². The predicted octanol–water partition coefficient (Wildman–Crippen LogP) is 3.63. The number of hydrogen-bond acceptors (Lipinski definition) is 2. The van der Waals surface area contributed by atoms with Gasteiger partial charge >= 0.3 is 0 Å². The largest absolute Gasteiger partial charge is 0.348 e.